The second-order valence-electron chi connectivity index (χ2n) is 4.69. The first kappa shape index (κ1) is 12.0. The zero-order valence-electron chi connectivity index (χ0n) is 10.3. The van der Waals surface area contributed by atoms with E-state index in [1.807, 2.05) is 11.8 Å². The van der Waals surface area contributed by atoms with Crippen LogP contribution in [0.2, 0.25) is 0 Å². The molecule has 1 fully saturated rings. The summed E-state index contributed by atoms with van der Waals surface area (Å²) in [7, 11) is 0. The maximum atomic E-state index is 3.43. The van der Waals surface area contributed by atoms with E-state index < -0.39 is 0 Å². The summed E-state index contributed by atoms with van der Waals surface area (Å²) in [5, 5.41) is 3.43. The Morgan fingerprint density at radius 1 is 1.31 bits per heavy atom. The highest BCUT2D eigenvalue weighted by Gasteiger charge is 2.14. The Hall–Kier alpha value is -0.470. The predicted molar refractivity (Wildman–Crippen MR) is 72.3 cm³/mol. The number of thioether (sulfide) groups is 1. The predicted octanol–water partition coefficient (Wildman–Crippen LogP) is 3.26. The van der Waals surface area contributed by atoms with Crippen LogP contribution in [-0.2, 0) is 6.42 Å². The van der Waals surface area contributed by atoms with Gasteiger partial charge >= 0.3 is 0 Å². The van der Waals surface area contributed by atoms with Crippen LogP contribution in [0.15, 0.2) is 23.1 Å². The fourth-order valence-corrected chi connectivity index (χ4v) is 2.86. The van der Waals surface area contributed by atoms with Gasteiger partial charge in [0.05, 0.1) is 0 Å². The molecule has 1 saturated heterocycles. The van der Waals surface area contributed by atoms with Crippen molar-refractivity contribution in [1.82, 2.24) is 5.32 Å². The number of rotatable bonds is 3. The lowest BCUT2D eigenvalue weighted by molar-refractivity contribution is 0.372. The van der Waals surface area contributed by atoms with Crippen LogP contribution < -0.4 is 5.32 Å². The monoisotopic (exact) mass is 235 g/mol. The van der Waals surface area contributed by atoms with E-state index in [1.165, 1.54) is 42.8 Å². The highest BCUT2D eigenvalue weighted by atomic mass is 32.2. The van der Waals surface area contributed by atoms with Crippen LogP contribution in [0.25, 0.3) is 0 Å². The molecule has 2 rings (SSSR count). The molecule has 1 aromatic rings. The topological polar surface area (TPSA) is 12.0 Å². The lowest BCUT2D eigenvalue weighted by atomic mass is 9.89. The molecule has 1 aliphatic rings. The minimum absolute atomic E-state index is 0.886. The molecule has 0 amide bonds. The lowest BCUT2D eigenvalue weighted by Crippen LogP contribution is -2.28. The summed E-state index contributed by atoms with van der Waals surface area (Å²) in [5.74, 6) is 0.886. The third-order valence-corrected chi connectivity index (χ3v) is 4.25. The Kier molecular flexibility index (Phi) is 4.30. The van der Waals surface area contributed by atoms with Crippen LogP contribution in [0.5, 0.6) is 0 Å². The summed E-state index contributed by atoms with van der Waals surface area (Å²) >= 11 is 1.84. The van der Waals surface area contributed by atoms with Crippen molar-refractivity contribution in [3.63, 3.8) is 0 Å². The van der Waals surface area contributed by atoms with Gasteiger partial charge in [-0.25, -0.2) is 0 Å². The van der Waals surface area contributed by atoms with Gasteiger partial charge in [-0.15, -0.1) is 11.8 Å². The van der Waals surface area contributed by atoms with E-state index in [0.29, 0.717) is 0 Å². The minimum atomic E-state index is 0.886. The van der Waals surface area contributed by atoms with Crippen molar-refractivity contribution in [3.05, 3.63) is 29.3 Å². The molecule has 0 aliphatic carbocycles. The van der Waals surface area contributed by atoms with Gasteiger partial charge in [0.15, 0.2) is 0 Å². The molecule has 1 aromatic carbocycles. The summed E-state index contributed by atoms with van der Waals surface area (Å²) in [6.45, 7) is 4.64. The number of benzene rings is 1. The molecular weight excluding hydrogens is 214 g/mol. The van der Waals surface area contributed by atoms with Crippen molar-refractivity contribution in [1.29, 1.82) is 0 Å². The van der Waals surface area contributed by atoms with Crippen LogP contribution in [-0.4, -0.2) is 19.3 Å². The van der Waals surface area contributed by atoms with Crippen molar-refractivity contribution in [3.8, 4) is 0 Å². The molecule has 0 bridgehead atoms. The number of hydrogen-bond acceptors (Lipinski definition) is 2. The smallest absolute Gasteiger partial charge is 0.00720 e. The summed E-state index contributed by atoms with van der Waals surface area (Å²) in [6.07, 6.45) is 6.09. The van der Waals surface area contributed by atoms with E-state index in [9.17, 15) is 0 Å². The molecule has 0 radical (unpaired) electrons. The Labute approximate surface area is 103 Å². The normalized spacial score (nSPS) is 17.6. The van der Waals surface area contributed by atoms with Gasteiger partial charge in [-0.05, 0) is 74.7 Å². The molecule has 1 heterocycles. The average Bonchev–Trinajstić information content (AvgIpc) is 2.33. The molecule has 0 aromatic heterocycles. The zero-order chi connectivity index (χ0) is 11.4. The average molecular weight is 235 g/mol. The molecule has 2 heteroatoms. The van der Waals surface area contributed by atoms with Gasteiger partial charge in [0.25, 0.3) is 0 Å². The molecular formula is C14H21NS. The van der Waals surface area contributed by atoms with Crippen LogP contribution in [0, 0.1) is 12.8 Å². The summed E-state index contributed by atoms with van der Waals surface area (Å²) in [6, 6.07) is 6.87. The van der Waals surface area contributed by atoms with Gasteiger partial charge in [-0.1, -0.05) is 6.07 Å². The van der Waals surface area contributed by atoms with E-state index in [2.05, 4.69) is 36.7 Å². The van der Waals surface area contributed by atoms with Gasteiger partial charge in [-0.2, -0.15) is 0 Å². The molecule has 0 unspecified atom stereocenters. The number of aryl methyl sites for hydroxylation is 1. The minimum Gasteiger partial charge on any atom is -0.317 e. The number of hydrogen-bond donors (Lipinski definition) is 1. The molecule has 88 valence electrons. The van der Waals surface area contributed by atoms with Crippen molar-refractivity contribution in [2.75, 3.05) is 19.3 Å². The van der Waals surface area contributed by atoms with Crippen molar-refractivity contribution < 1.29 is 0 Å². The Morgan fingerprint density at radius 3 is 2.75 bits per heavy atom. The van der Waals surface area contributed by atoms with Crippen molar-refractivity contribution >= 4 is 11.8 Å². The third kappa shape index (κ3) is 3.02. The molecule has 0 spiro atoms. The summed E-state index contributed by atoms with van der Waals surface area (Å²) < 4.78 is 0. The largest absolute Gasteiger partial charge is 0.317 e. The Bertz CT molecular complexity index is 343. The van der Waals surface area contributed by atoms with Gasteiger partial charge in [0.1, 0.15) is 0 Å². The van der Waals surface area contributed by atoms with E-state index >= 15 is 0 Å². The number of nitrogens with one attached hydrogen (secondary N) is 1. The lowest BCUT2D eigenvalue weighted by Gasteiger charge is -2.23. The molecule has 16 heavy (non-hydrogen) atoms. The Morgan fingerprint density at radius 2 is 2.06 bits per heavy atom. The van der Waals surface area contributed by atoms with Gasteiger partial charge < -0.3 is 5.32 Å². The van der Waals surface area contributed by atoms with Crippen molar-refractivity contribution in [2.24, 2.45) is 5.92 Å². The standard InChI is InChI=1S/C14H21NS/c1-11-3-4-14(16-2)10-13(11)9-12-5-7-15-8-6-12/h3-4,10,12,15H,5-9H2,1-2H3. The molecule has 1 nitrogen and oxygen atoms in total. The first-order valence-electron chi connectivity index (χ1n) is 6.14. The van der Waals surface area contributed by atoms with Crippen LogP contribution in [0.4, 0.5) is 0 Å². The highest BCUT2D eigenvalue weighted by molar-refractivity contribution is 7.98. The van der Waals surface area contributed by atoms with E-state index in [0.717, 1.165) is 5.92 Å². The van der Waals surface area contributed by atoms with Crippen LogP contribution in [0.1, 0.15) is 24.0 Å². The van der Waals surface area contributed by atoms with Crippen molar-refractivity contribution in [2.45, 2.75) is 31.1 Å². The third-order valence-electron chi connectivity index (χ3n) is 3.52. The highest BCUT2D eigenvalue weighted by Crippen LogP contribution is 2.24. The van der Waals surface area contributed by atoms with Gasteiger partial charge in [0.2, 0.25) is 0 Å². The molecule has 1 aliphatic heterocycles. The maximum Gasteiger partial charge on any atom is 0.00720 e. The SMILES string of the molecule is CSc1ccc(C)c(CC2CCNCC2)c1. The van der Waals surface area contributed by atoms with Crippen LogP contribution in [0.3, 0.4) is 0 Å². The fourth-order valence-electron chi connectivity index (χ4n) is 2.39. The second kappa shape index (κ2) is 5.74. The first-order valence-corrected chi connectivity index (χ1v) is 7.36. The fraction of sp³-hybridized carbons (Fsp3) is 0.571. The van der Waals surface area contributed by atoms with E-state index in [1.54, 1.807) is 5.56 Å². The molecule has 0 atom stereocenters. The van der Waals surface area contributed by atoms with Gasteiger partial charge in [0, 0.05) is 4.90 Å². The zero-order valence-corrected chi connectivity index (χ0v) is 11.1. The Balaban J connectivity index is 2.06. The summed E-state index contributed by atoms with van der Waals surface area (Å²) in [4.78, 5) is 1.40. The van der Waals surface area contributed by atoms with Crippen LogP contribution >= 0.6 is 11.8 Å². The second-order valence-corrected chi connectivity index (χ2v) is 5.57. The number of piperidine rings is 1. The quantitative estimate of drug-likeness (QED) is 0.807. The van der Waals surface area contributed by atoms with E-state index in [-0.39, 0.29) is 0 Å². The first-order chi connectivity index (χ1) is 7.79. The molecule has 1 N–H and O–H groups in total. The van der Waals surface area contributed by atoms with Gasteiger partial charge in [-0.3, -0.25) is 0 Å². The molecule has 0 saturated carbocycles. The maximum absolute atomic E-state index is 3.43. The summed E-state index contributed by atoms with van der Waals surface area (Å²) in [5.41, 5.74) is 3.01. The van der Waals surface area contributed by atoms with E-state index in [4.69, 9.17) is 0 Å².